The number of anilines is 1. The van der Waals surface area contributed by atoms with E-state index in [-0.39, 0.29) is 0 Å². The van der Waals surface area contributed by atoms with Crippen molar-refractivity contribution in [3.8, 4) is 0 Å². The summed E-state index contributed by atoms with van der Waals surface area (Å²) in [6, 6.07) is 1.34. The molecule has 1 aromatic heterocycles. The summed E-state index contributed by atoms with van der Waals surface area (Å²) in [7, 11) is 0. The van der Waals surface area contributed by atoms with E-state index >= 15 is 0 Å². The maximum atomic E-state index is 4.95. The Morgan fingerprint density at radius 2 is 2.16 bits per heavy atom. The van der Waals surface area contributed by atoms with Crippen LogP contribution in [0.25, 0.3) is 0 Å². The summed E-state index contributed by atoms with van der Waals surface area (Å²) in [6.07, 6.45) is 7.67. The Morgan fingerprint density at radius 1 is 1.32 bits per heavy atom. The van der Waals surface area contributed by atoms with Crippen molar-refractivity contribution in [2.45, 2.75) is 64.5 Å². The third-order valence-electron chi connectivity index (χ3n) is 4.15. The predicted octanol–water partition coefficient (Wildman–Crippen LogP) is 3.51. The molecule has 0 radical (unpaired) electrons. The van der Waals surface area contributed by atoms with E-state index in [0.717, 1.165) is 19.1 Å². The van der Waals surface area contributed by atoms with Crippen LogP contribution < -0.4 is 10.2 Å². The number of aryl methyl sites for hydroxylation is 1. The van der Waals surface area contributed by atoms with Crippen LogP contribution in [0.3, 0.4) is 0 Å². The minimum Gasteiger partial charge on any atom is -0.345 e. The van der Waals surface area contributed by atoms with Crippen molar-refractivity contribution in [3.63, 3.8) is 0 Å². The second-order valence-corrected chi connectivity index (χ2v) is 6.73. The normalized spacial score (nSPS) is 22.3. The van der Waals surface area contributed by atoms with E-state index in [4.69, 9.17) is 4.98 Å². The van der Waals surface area contributed by atoms with Gasteiger partial charge in [0.15, 0.2) is 5.13 Å². The Kier molecular flexibility index (Phi) is 4.08. The zero-order valence-corrected chi connectivity index (χ0v) is 12.9. The van der Waals surface area contributed by atoms with E-state index in [1.165, 1.54) is 54.2 Å². The molecule has 1 atom stereocenters. The molecule has 1 fully saturated rings. The third kappa shape index (κ3) is 2.79. The van der Waals surface area contributed by atoms with E-state index < -0.39 is 0 Å². The molecular weight excluding hydrogens is 254 g/mol. The monoisotopic (exact) mass is 279 g/mol. The van der Waals surface area contributed by atoms with Gasteiger partial charge in [-0.1, -0.05) is 18.3 Å². The standard InChI is InChI=1S/C15H25N3S/c1-3-10-16-12-6-5-7-13-14(12)19-15(17-13)18(4-2)11-8-9-11/h11-12,16H,3-10H2,1-2H3. The van der Waals surface area contributed by atoms with Crippen molar-refractivity contribution in [3.05, 3.63) is 10.6 Å². The van der Waals surface area contributed by atoms with Gasteiger partial charge in [-0.3, -0.25) is 0 Å². The van der Waals surface area contributed by atoms with Gasteiger partial charge >= 0.3 is 0 Å². The number of rotatable bonds is 6. The molecule has 0 bridgehead atoms. The molecule has 0 spiro atoms. The lowest BCUT2D eigenvalue weighted by molar-refractivity contribution is 0.464. The van der Waals surface area contributed by atoms with Gasteiger partial charge in [0, 0.05) is 23.5 Å². The Labute approximate surface area is 120 Å². The summed E-state index contributed by atoms with van der Waals surface area (Å²) >= 11 is 1.95. The van der Waals surface area contributed by atoms with Crippen molar-refractivity contribution in [2.75, 3.05) is 18.0 Å². The summed E-state index contributed by atoms with van der Waals surface area (Å²) in [5.74, 6) is 0. The summed E-state index contributed by atoms with van der Waals surface area (Å²) in [5, 5.41) is 4.97. The van der Waals surface area contributed by atoms with Crippen molar-refractivity contribution in [1.29, 1.82) is 0 Å². The van der Waals surface area contributed by atoms with Gasteiger partial charge in [-0.15, -0.1) is 0 Å². The second-order valence-electron chi connectivity index (χ2n) is 5.72. The fourth-order valence-corrected chi connectivity index (χ4v) is 4.34. The number of hydrogen-bond donors (Lipinski definition) is 1. The fourth-order valence-electron chi connectivity index (χ4n) is 2.98. The van der Waals surface area contributed by atoms with E-state index in [1.54, 1.807) is 0 Å². The Bertz CT molecular complexity index is 425. The molecule has 3 rings (SSSR count). The lowest BCUT2D eigenvalue weighted by Crippen LogP contribution is -2.24. The number of nitrogens with one attached hydrogen (secondary N) is 1. The molecule has 3 nitrogen and oxygen atoms in total. The van der Waals surface area contributed by atoms with Gasteiger partial charge in [0.05, 0.1) is 5.69 Å². The van der Waals surface area contributed by atoms with Crippen LogP contribution in [-0.2, 0) is 6.42 Å². The first kappa shape index (κ1) is 13.4. The van der Waals surface area contributed by atoms with Gasteiger partial charge in [0.2, 0.25) is 0 Å². The number of fused-ring (bicyclic) bond motifs is 1. The van der Waals surface area contributed by atoms with Crippen LogP contribution >= 0.6 is 11.3 Å². The van der Waals surface area contributed by atoms with Gasteiger partial charge in [-0.05, 0) is 52.0 Å². The van der Waals surface area contributed by atoms with Gasteiger partial charge in [0.25, 0.3) is 0 Å². The molecule has 106 valence electrons. The summed E-state index contributed by atoms with van der Waals surface area (Å²) < 4.78 is 0. The Hall–Kier alpha value is -0.610. The van der Waals surface area contributed by atoms with E-state index in [2.05, 4.69) is 24.1 Å². The first-order chi connectivity index (χ1) is 9.33. The zero-order chi connectivity index (χ0) is 13.2. The van der Waals surface area contributed by atoms with E-state index in [0.29, 0.717) is 6.04 Å². The first-order valence-electron chi connectivity index (χ1n) is 7.83. The molecule has 4 heteroatoms. The fraction of sp³-hybridized carbons (Fsp3) is 0.800. The average Bonchev–Trinajstić information content (AvgIpc) is 3.16. The number of nitrogens with zero attached hydrogens (tertiary/aromatic N) is 2. The SMILES string of the molecule is CCCNC1CCCc2nc(N(CC)C3CC3)sc21. The van der Waals surface area contributed by atoms with Crippen molar-refractivity contribution < 1.29 is 0 Å². The third-order valence-corrected chi connectivity index (χ3v) is 5.40. The molecule has 0 amide bonds. The molecular formula is C15H25N3S. The van der Waals surface area contributed by atoms with Crippen LogP contribution in [-0.4, -0.2) is 24.1 Å². The van der Waals surface area contributed by atoms with Crippen molar-refractivity contribution in [1.82, 2.24) is 10.3 Å². The zero-order valence-electron chi connectivity index (χ0n) is 12.1. The number of thiazole rings is 1. The Morgan fingerprint density at radius 3 is 2.84 bits per heavy atom. The van der Waals surface area contributed by atoms with Gasteiger partial charge < -0.3 is 10.2 Å². The quantitative estimate of drug-likeness (QED) is 0.863. The maximum Gasteiger partial charge on any atom is 0.186 e. The molecule has 1 aromatic rings. The van der Waals surface area contributed by atoms with Gasteiger partial charge in [-0.25, -0.2) is 4.98 Å². The molecule has 1 heterocycles. The minimum absolute atomic E-state index is 0.563. The van der Waals surface area contributed by atoms with Crippen LogP contribution in [0, 0.1) is 0 Å². The van der Waals surface area contributed by atoms with Crippen LogP contribution in [0.4, 0.5) is 5.13 Å². The second kappa shape index (κ2) is 5.80. The highest BCUT2D eigenvalue weighted by Crippen LogP contribution is 2.40. The first-order valence-corrected chi connectivity index (χ1v) is 8.64. The Balaban J connectivity index is 1.79. The van der Waals surface area contributed by atoms with Gasteiger partial charge in [0.1, 0.15) is 0 Å². The molecule has 2 aliphatic carbocycles. The maximum absolute atomic E-state index is 4.95. The summed E-state index contributed by atoms with van der Waals surface area (Å²) in [4.78, 5) is 8.98. The smallest absolute Gasteiger partial charge is 0.186 e. The topological polar surface area (TPSA) is 28.2 Å². The molecule has 19 heavy (non-hydrogen) atoms. The van der Waals surface area contributed by atoms with E-state index in [1.807, 2.05) is 11.3 Å². The molecule has 2 aliphatic rings. The average molecular weight is 279 g/mol. The lowest BCUT2D eigenvalue weighted by atomic mass is 9.98. The molecule has 1 unspecified atom stereocenters. The molecule has 1 N–H and O–H groups in total. The molecule has 0 aliphatic heterocycles. The highest BCUT2D eigenvalue weighted by Gasteiger charge is 2.32. The van der Waals surface area contributed by atoms with Crippen LogP contribution in [0.5, 0.6) is 0 Å². The lowest BCUT2D eigenvalue weighted by Gasteiger charge is -2.22. The predicted molar refractivity (Wildman–Crippen MR) is 82.1 cm³/mol. The summed E-state index contributed by atoms with van der Waals surface area (Å²) in [5.41, 5.74) is 1.37. The molecule has 1 saturated carbocycles. The molecule has 0 saturated heterocycles. The highest BCUT2D eigenvalue weighted by molar-refractivity contribution is 7.15. The van der Waals surface area contributed by atoms with Gasteiger partial charge in [-0.2, -0.15) is 0 Å². The number of hydrogen-bond acceptors (Lipinski definition) is 4. The molecule has 0 aromatic carbocycles. The minimum atomic E-state index is 0.563. The van der Waals surface area contributed by atoms with E-state index in [9.17, 15) is 0 Å². The highest BCUT2D eigenvalue weighted by atomic mass is 32.1. The van der Waals surface area contributed by atoms with Crippen LogP contribution in [0.2, 0.25) is 0 Å². The van der Waals surface area contributed by atoms with Crippen molar-refractivity contribution >= 4 is 16.5 Å². The largest absolute Gasteiger partial charge is 0.345 e. The summed E-state index contributed by atoms with van der Waals surface area (Å²) in [6.45, 7) is 6.72. The number of aromatic nitrogens is 1. The van der Waals surface area contributed by atoms with Crippen molar-refractivity contribution in [2.24, 2.45) is 0 Å². The van der Waals surface area contributed by atoms with Crippen LogP contribution in [0.1, 0.15) is 62.6 Å². The van der Waals surface area contributed by atoms with Crippen LogP contribution in [0.15, 0.2) is 0 Å².